The van der Waals surface area contributed by atoms with Crippen molar-refractivity contribution in [1.82, 2.24) is 24.4 Å². The van der Waals surface area contributed by atoms with Crippen LogP contribution in [0.4, 0.5) is 17.2 Å². The molecule has 0 radical (unpaired) electrons. The maximum Gasteiger partial charge on any atom is 0.308 e. The number of benzene rings is 2. The summed E-state index contributed by atoms with van der Waals surface area (Å²) in [5, 5.41) is 4.20. The monoisotopic (exact) mass is 799 g/mol. The fraction of sp³-hybridized carbons (Fsp3) is 0.390. The molecule has 2 aromatic carbocycles. The van der Waals surface area contributed by atoms with Crippen molar-refractivity contribution in [1.29, 1.82) is 0 Å². The van der Waals surface area contributed by atoms with Gasteiger partial charge in [0.1, 0.15) is 5.52 Å². The minimum Gasteiger partial charge on any atom is -0.469 e. The number of nitrogens with one attached hydrogen (secondary N) is 1. The molecule has 1 aliphatic carbocycles. The van der Waals surface area contributed by atoms with Crippen LogP contribution in [0.2, 0.25) is 0 Å². The quantitative estimate of drug-likeness (QED) is 0.0784. The number of carbonyl (C=O) groups is 2. The molecule has 1 fully saturated rings. The standard InChI is InChI=1S/C41H46ClN7O6S/c1-26-33(9-6-10-34(26)45-38-37-31(15-18-43-38)21-28(23-44-37)25-55-56(4,52)53)30-7-5-8-32(22-30)49(42)40(50)39-46-35-24-48(20-17-36(35)47(39)2)19-16-27-11-13-29(14-12-27)41(51)54-3/h5-10,15,18,21-23,27,29H,11-14,16-17,19-20,24-25H2,1-4H3,(H,43,45). The van der Waals surface area contributed by atoms with E-state index in [1.54, 1.807) is 18.5 Å². The number of hydrogen-bond donors (Lipinski definition) is 1. The highest BCUT2D eigenvalue weighted by atomic mass is 35.5. The van der Waals surface area contributed by atoms with Crippen LogP contribution in [0.15, 0.2) is 67.0 Å². The first-order valence-electron chi connectivity index (χ1n) is 18.8. The Hall–Kier alpha value is -4.89. The van der Waals surface area contributed by atoms with Crippen LogP contribution in [0.1, 0.15) is 65.2 Å². The van der Waals surface area contributed by atoms with Crippen molar-refractivity contribution < 1.29 is 26.9 Å². The third-order valence-electron chi connectivity index (χ3n) is 11.0. The molecule has 0 saturated heterocycles. The average Bonchev–Trinajstić information content (AvgIpc) is 3.54. The van der Waals surface area contributed by atoms with Crippen LogP contribution < -0.4 is 9.74 Å². The number of rotatable bonds is 12. The molecule has 1 amide bonds. The van der Waals surface area contributed by atoms with Crippen molar-refractivity contribution >= 4 is 61.9 Å². The molecular formula is C41H46ClN7O6S. The van der Waals surface area contributed by atoms with Crippen LogP contribution >= 0.6 is 11.8 Å². The second-order valence-electron chi connectivity index (χ2n) is 14.7. The Bertz CT molecular complexity index is 2380. The van der Waals surface area contributed by atoms with Gasteiger partial charge in [0.25, 0.3) is 10.1 Å². The number of fused-ring (bicyclic) bond motifs is 2. The van der Waals surface area contributed by atoms with E-state index in [0.717, 1.165) is 101 Å². The van der Waals surface area contributed by atoms with Gasteiger partial charge < -0.3 is 14.6 Å². The number of carbonyl (C=O) groups excluding carboxylic acids is 2. The molecule has 7 rings (SSSR count). The van der Waals surface area contributed by atoms with Crippen molar-refractivity contribution in [3.8, 4) is 11.1 Å². The van der Waals surface area contributed by atoms with E-state index < -0.39 is 16.0 Å². The fourth-order valence-electron chi connectivity index (χ4n) is 7.85. The first-order valence-corrected chi connectivity index (χ1v) is 20.9. The first-order chi connectivity index (χ1) is 26.9. The molecular weight excluding hydrogens is 754 g/mol. The summed E-state index contributed by atoms with van der Waals surface area (Å²) in [4.78, 5) is 42.1. The van der Waals surface area contributed by atoms with Crippen LogP contribution in [-0.4, -0.2) is 71.2 Å². The summed E-state index contributed by atoms with van der Waals surface area (Å²) in [7, 11) is -0.241. The fourth-order valence-corrected chi connectivity index (χ4v) is 8.38. The number of esters is 1. The van der Waals surface area contributed by atoms with Gasteiger partial charge in [0.2, 0.25) is 5.82 Å². The van der Waals surface area contributed by atoms with Gasteiger partial charge in [0.05, 0.1) is 37.3 Å². The molecule has 56 heavy (non-hydrogen) atoms. The maximum atomic E-state index is 13.9. The second kappa shape index (κ2) is 16.7. The summed E-state index contributed by atoms with van der Waals surface area (Å²) < 4.78 is 35.8. The van der Waals surface area contributed by atoms with Crippen molar-refractivity contribution in [2.75, 3.05) is 36.2 Å². The lowest BCUT2D eigenvalue weighted by atomic mass is 9.80. The predicted molar refractivity (Wildman–Crippen MR) is 216 cm³/mol. The lowest BCUT2D eigenvalue weighted by Gasteiger charge is -2.31. The summed E-state index contributed by atoms with van der Waals surface area (Å²) >= 11 is 6.80. The highest BCUT2D eigenvalue weighted by Gasteiger charge is 2.30. The molecule has 1 saturated carbocycles. The Balaban J connectivity index is 1.02. The van der Waals surface area contributed by atoms with Crippen molar-refractivity contribution in [3.05, 3.63) is 95.3 Å². The van der Waals surface area contributed by atoms with E-state index in [4.69, 9.17) is 25.7 Å². The van der Waals surface area contributed by atoms with Crippen LogP contribution in [-0.2, 0) is 50.5 Å². The molecule has 294 valence electrons. The number of imidazole rings is 1. The maximum absolute atomic E-state index is 13.9. The van der Waals surface area contributed by atoms with E-state index in [0.29, 0.717) is 40.9 Å². The van der Waals surface area contributed by atoms with Gasteiger partial charge in [-0.25, -0.2) is 14.4 Å². The van der Waals surface area contributed by atoms with Crippen LogP contribution in [0, 0.1) is 18.8 Å². The highest BCUT2D eigenvalue weighted by molar-refractivity contribution is 7.85. The van der Waals surface area contributed by atoms with Crippen LogP contribution in [0.25, 0.3) is 22.0 Å². The van der Waals surface area contributed by atoms with Crippen molar-refractivity contribution in [2.45, 2.75) is 58.6 Å². The molecule has 3 aromatic heterocycles. The molecule has 5 aromatic rings. The first kappa shape index (κ1) is 39.3. The van der Waals surface area contributed by atoms with E-state index in [2.05, 4.69) is 20.2 Å². The van der Waals surface area contributed by atoms with Crippen molar-refractivity contribution in [2.24, 2.45) is 18.9 Å². The Kier molecular flexibility index (Phi) is 11.7. The zero-order chi connectivity index (χ0) is 39.6. The number of amides is 1. The molecule has 4 heterocycles. The van der Waals surface area contributed by atoms with Crippen LogP contribution in [0.3, 0.4) is 0 Å². The number of hydrogen-bond acceptors (Lipinski definition) is 11. The topological polar surface area (TPSA) is 149 Å². The summed E-state index contributed by atoms with van der Waals surface area (Å²) in [6, 6.07) is 17.1. The van der Waals surface area contributed by atoms with E-state index in [9.17, 15) is 18.0 Å². The lowest BCUT2D eigenvalue weighted by Crippen LogP contribution is -2.33. The van der Waals surface area contributed by atoms with Gasteiger partial charge in [-0.1, -0.05) is 24.3 Å². The van der Waals surface area contributed by atoms with E-state index >= 15 is 0 Å². The molecule has 2 aliphatic rings. The average molecular weight is 800 g/mol. The summed E-state index contributed by atoms with van der Waals surface area (Å²) in [5.74, 6) is 1.000. The minimum absolute atomic E-state index is 0.0363. The van der Waals surface area contributed by atoms with Gasteiger partial charge in [-0.05, 0) is 104 Å². The van der Waals surface area contributed by atoms with Crippen molar-refractivity contribution in [3.63, 3.8) is 0 Å². The number of nitrogens with zero attached hydrogens (tertiary/aromatic N) is 6. The zero-order valence-electron chi connectivity index (χ0n) is 32.0. The lowest BCUT2D eigenvalue weighted by molar-refractivity contribution is -0.146. The number of methoxy groups -OCH3 is 1. The number of halogens is 1. The molecule has 0 unspecified atom stereocenters. The molecule has 13 nitrogen and oxygen atoms in total. The van der Waals surface area contributed by atoms with E-state index in [1.807, 2.05) is 67.1 Å². The van der Waals surface area contributed by atoms with E-state index in [-0.39, 0.29) is 18.5 Å². The molecule has 0 atom stereocenters. The normalized spacial score (nSPS) is 17.4. The number of anilines is 3. The molecule has 1 N–H and O–H groups in total. The Morgan fingerprint density at radius 3 is 2.61 bits per heavy atom. The van der Waals surface area contributed by atoms with Gasteiger partial charge in [-0.3, -0.25) is 23.7 Å². The summed E-state index contributed by atoms with van der Waals surface area (Å²) in [5.41, 5.74) is 7.30. The number of ether oxygens (including phenoxy) is 1. The third kappa shape index (κ3) is 8.73. The summed E-state index contributed by atoms with van der Waals surface area (Å²) in [6.45, 7) is 4.43. The molecule has 1 aliphatic heterocycles. The highest BCUT2D eigenvalue weighted by Crippen LogP contribution is 2.35. The SMILES string of the molecule is COC(=O)C1CCC(CCN2CCc3c(nc(C(=O)N(Cl)c4cccc(-c5cccc(Nc6nccc7cc(COS(C)(=O)=O)cnc67)c5C)c4)n3C)C2)CC1. The van der Waals surface area contributed by atoms with Gasteiger partial charge in [-0.15, -0.1) is 0 Å². The minimum atomic E-state index is -3.59. The second-order valence-corrected chi connectivity index (χ2v) is 16.7. The van der Waals surface area contributed by atoms with Gasteiger partial charge in [0, 0.05) is 67.5 Å². The Morgan fingerprint density at radius 2 is 1.84 bits per heavy atom. The largest absolute Gasteiger partial charge is 0.469 e. The van der Waals surface area contributed by atoms with E-state index in [1.165, 1.54) is 7.11 Å². The third-order valence-corrected chi connectivity index (χ3v) is 11.9. The van der Waals surface area contributed by atoms with Gasteiger partial charge in [0.15, 0.2) is 5.82 Å². The molecule has 15 heteroatoms. The Morgan fingerprint density at radius 1 is 1.05 bits per heavy atom. The van der Waals surface area contributed by atoms with Gasteiger partial charge >= 0.3 is 11.9 Å². The number of pyridine rings is 2. The number of aromatic nitrogens is 4. The molecule has 0 spiro atoms. The Labute approximate surface area is 332 Å². The summed E-state index contributed by atoms with van der Waals surface area (Å²) in [6.07, 6.45) is 10.0. The van der Waals surface area contributed by atoms with Gasteiger partial charge in [-0.2, -0.15) is 8.42 Å². The zero-order valence-corrected chi connectivity index (χ0v) is 33.6. The van der Waals surface area contributed by atoms with Crippen LogP contribution in [0.5, 0.6) is 0 Å². The smallest absolute Gasteiger partial charge is 0.308 e. The molecule has 0 bridgehead atoms. The predicted octanol–water partition coefficient (Wildman–Crippen LogP) is 7.09.